The molecule has 1 saturated heterocycles. The van der Waals surface area contributed by atoms with Crippen LogP contribution in [0.5, 0.6) is 0 Å². The van der Waals surface area contributed by atoms with Crippen LogP contribution in [-0.2, 0) is 11.3 Å². The lowest BCUT2D eigenvalue weighted by molar-refractivity contribution is 0.0686. The highest BCUT2D eigenvalue weighted by molar-refractivity contribution is 5.96. The molecule has 2 aromatic carbocycles. The number of nitrogens with zero attached hydrogens (tertiary/aromatic N) is 4. The SMILES string of the molecule is COC1CCN(CCCN2CCC(c3noc4cc(F)ccc34)CC2)C(=O)c2ccn(Cc3ccccc3)c21. The zero-order valence-electron chi connectivity index (χ0n) is 22.4. The average molecular weight is 531 g/mol. The first-order chi connectivity index (χ1) is 19.1. The van der Waals surface area contributed by atoms with Crippen LogP contribution in [0.4, 0.5) is 4.39 Å². The molecule has 0 bridgehead atoms. The third-order valence-corrected chi connectivity index (χ3v) is 8.31. The minimum absolute atomic E-state index is 0.101. The van der Waals surface area contributed by atoms with Gasteiger partial charge in [0.25, 0.3) is 5.91 Å². The predicted octanol–water partition coefficient (Wildman–Crippen LogP) is 5.62. The minimum atomic E-state index is -0.304. The van der Waals surface area contributed by atoms with E-state index in [-0.39, 0.29) is 17.8 Å². The molecule has 0 N–H and O–H groups in total. The summed E-state index contributed by atoms with van der Waals surface area (Å²) in [5.41, 5.74) is 4.41. The van der Waals surface area contributed by atoms with Gasteiger partial charge in [-0.2, -0.15) is 0 Å². The van der Waals surface area contributed by atoms with Crippen molar-refractivity contribution < 1.29 is 18.4 Å². The first kappa shape index (κ1) is 25.8. The van der Waals surface area contributed by atoms with Gasteiger partial charge in [0, 0.05) is 50.3 Å². The van der Waals surface area contributed by atoms with E-state index in [0.717, 1.165) is 80.7 Å². The molecule has 0 saturated carbocycles. The highest BCUT2D eigenvalue weighted by Crippen LogP contribution is 2.33. The number of likely N-dealkylation sites (tertiary alicyclic amines) is 1. The smallest absolute Gasteiger partial charge is 0.255 e. The molecular formula is C31H35FN4O3. The number of aromatic nitrogens is 2. The molecule has 8 heteroatoms. The van der Waals surface area contributed by atoms with Gasteiger partial charge in [-0.25, -0.2) is 4.39 Å². The Morgan fingerprint density at radius 2 is 1.85 bits per heavy atom. The lowest BCUT2D eigenvalue weighted by atomic mass is 9.91. The van der Waals surface area contributed by atoms with E-state index < -0.39 is 0 Å². The normalized spacial score (nSPS) is 19.0. The van der Waals surface area contributed by atoms with E-state index in [4.69, 9.17) is 9.26 Å². The van der Waals surface area contributed by atoms with E-state index in [2.05, 4.69) is 26.8 Å². The van der Waals surface area contributed by atoms with Gasteiger partial charge >= 0.3 is 0 Å². The molecular weight excluding hydrogens is 495 g/mol. The first-order valence-corrected chi connectivity index (χ1v) is 13.9. The van der Waals surface area contributed by atoms with E-state index >= 15 is 0 Å². The van der Waals surface area contributed by atoms with Crippen LogP contribution in [0.2, 0.25) is 0 Å². The van der Waals surface area contributed by atoms with Crippen LogP contribution in [0.15, 0.2) is 65.3 Å². The fourth-order valence-electron chi connectivity index (χ4n) is 6.21. The predicted molar refractivity (Wildman–Crippen MR) is 147 cm³/mol. The van der Waals surface area contributed by atoms with Gasteiger partial charge in [0.1, 0.15) is 5.82 Å². The highest BCUT2D eigenvalue weighted by atomic mass is 19.1. The Morgan fingerprint density at radius 3 is 2.64 bits per heavy atom. The van der Waals surface area contributed by atoms with Crippen molar-refractivity contribution in [3.63, 3.8) is 0 Å². The number of hydrogen-bond donors (Lipinski definition) is 0. The van der Waals surface area contributed by atoms with Crippen LogP contribution in [-0.4, -0.2) is 65.3 Å². The maximum atomic E-state index is 13.6. The number of carbonyl (C=O) groups is 1. The van der Waals surface area contributed by atoms with Gasteiger partial charge in [0.2, 0.25) is 0 Å². The fraction of sp³-hybridized carbons (Fsp3) is 0.419. The molecule has 2 aliphatic rings. The lowest BCUT2D eigenvalue weighted by Gasteiger charge is -2.31. The van der Waals surface area contributed by atoms with E-state index in [1.807, 2.05) is 35.4 Å². The number of ether oxygens (including phenoxy) is 1. The molecule has 1 unspecified atom stereocenters. The number of halogens is 1. The van der Waals surface area contributed by atoms with Crippen molar-refractivity contribution in [3.8, 4) is 0 Å². The number of fused-ring (bicyclic) bond motifs is 2. The van der Waals surface area contributed by atoms with Crippen molar-refractivity contribution in [3.05, 3.63) is 89.1 Å². The van der Waals surface area contributed by atoms with Gasteiger partial charge in [-0.1, -0.05) is 35.5 Å². The fourth-order valence-corrected chi connectivity index (χ4v) is 6.21. The molecule has 6 rings (SSSR count). The molecule has 0 radical (unpaired) electrons. The van der Waals surface area contributed by atoms with Crippen LogP contribution in [0.1, 0.15) is 65.0 Å². The first-order valence-electron chi connectivity index (χ1n) is 13.9. The molecule has 4 aromatic rings. The summed E-state index contributed by atoms with van der Waals surface area (Å²) in [6.45, 7) is 5.06. The van der Waals surface area contributed by atoms with Crippen LogP contribution in [0.3, 0.4) is 0 Å². The molecule has 204 valence electrons. The van der Waals surface area contributed by atoms with Crippen LogP contribution >= 0.6 is 0 Å². The van der Waals surface area contributed by atoms with Crippen molar-refractivity contribution in [2.75, 3.05) is 39.8 Å². The monoisotopic (exact) mass is 530 g/mol. The maximum absolute atomic E-state index is 13.6. The number of rotatable bonds is 8. The summed E-state index contributed by atoms with van der Waals surface area (Å²) in [6, 6.07) is 16.9. The van der Waals surface area contributed by atoms with Crippen molar-refractivity contribution in [1.29, 1.82) is 0 Å². The van der Waals surface area contributed by atoms with Gasteiger partial charge in [-0.05, 0) is 69.1 Å². The number of hydrogen-bond acceptors (Lipinski definition) is 5. The summed E-state index contributed by atoms with van der Waals surface area (Å²) in [5.74, 6) is 0.121. The van der Waals surface area contributed by atoms with Crippen molar-refractivity contribution in [1.82, 2.24) is 19.5 Å². The molecule has 2 aliphatic heterocycles. The Labute approximate surface area is 228 Å². The topological polar surface area (TPSA) is 63.7 Å². The zero-order chi connectivity index (χ0) is 26.8. The molecule has 0 spiro atoms. The summed E-state index contributed by atoms with van der Waals surface area (Å²) < 4.78 is 26.9. The molecule has 1 atom stereocenters. The van der Waals surface area contributed by atoms with Crippen molar-refractivity contribution in [2.24, 2.45) is 0 Å². The van der Waals surface area contributed by atoms with Gasteiger partial charge in [0.15, 0.2) is 5.58 Å². The molecule has 1 amide bonds. The second kappa shape index (κ2) is 11.3. The van der Waals surface area contributed by atoms with Gasteiger partial charge < -0.3 is 23.6 Å². The zero-order valence-corrected chi connectivity index (χ0v) is 22.4. The lowest BCUT2D eigenvalue weighted by Crippen LogP contribution is -2.37. The number of piperidine rings is 1. The summed E-state index contributed by atoms with van der Waals surface area (Å²) in [5, 5.41) is 5.18. The third-order valence-electron chi connectivity index (χ3n) is 8.31. The van der Waals surface area contributed by atoms with Gasteiger partial charge in [0.05, 0.1) is 23.1 Å². The second-order valence-corrected chi connectivity index (χ2v) is 10.7. The molecule has 39 heavy (non-hydrogen) atoms. The summed E-state index contributed by atoms with van der Waals surface area (Å²) >= 11 is 0. The third kappa shape index (κ3) is 5.36. The Kier molecular flexibility index (Phi) is 7.48. The number of carbonyl (C=O) groups excluding carboxylic acids is 1. The molecule has 7 nitrogen and oxygen atoms in total. The summed E-state index contributed by atoms with van der Waals surface area (Å²) in [4.78, 5) is 18.0. The minimum Gasteiger partial charge on any atom is -0.375 e. The van der Waals surface area contributed by atoms with Gasteiger partial charge in [-0.15, -0.1) is 0 Å². The number of benzene rings is 2. The van der Waals surface area contributed by atoms with Crippen LogP contribution < -0.4 is 0 Å². The number of amides is 1. The average Bonchev–Trinajstić information content (AvgIpc) is 3.54. The van der Waals surface area contributed by atoms with E-state index in [1.54, 1.807) is 13.2 Å². The van der Waals surface area contributed by atoms with Crippen LogP contribution in [0, 0.1) is 5.82 Å². The largest absolute Gasteiger partial charge is 0.375 e. The standard InChI is InChI=1S/C31H35FN4O3/c1-38-27-13-19-35(31(37)26-12-18-36(30(26)27)21-22-6-3-2-4-7-22)15-5-14-34-16-10-23(11-17-34)29-25-9-8-24(32)20-28(25)39-33-29/h2-4,6-9,12,18,20,23,27H,5,10-11,13-17,19,21H2,1H3. The van der Waals surface area contributed by atoms with E-state index in [9.17, 15) is 9.18 Å². The van der Waals surface area contributed by atoms with E-state index in [0.29, 0.717) is 18.0 Å². The second-order valence-electron chi connectivity index (χ2n) is 10.7. The number of methoxy groups -OCH3 is 1. The Bertz CT molecular complexity index is 1420. The molecule has 1 fully saturated rings. The molecule has 0 aliphatic carbocycles. The molecule has 2 aromatic heterocycles. The summed E-state index contributed by atoms with van der Waals surface area (Å²) in [7, 11) is 1.73. The maximum Gasteiger partial charge on any atom is 0.255 e. The Hall–Kier alpha value is -3.49. The quantitative estimate of drug-likeness (QED) is 0.296. The van der Waals surface area contributed by atoms with Crippen LogP contribution in [0.25, 0.3) is 11.0 Å². The molecule has 4 heterocycles. The van der Waals surface area contributed by atoms with E-state index in [1.165, 1.54) is 17.7 Å². The Balaban J connectivity index is 1.04. The van der Waals surface area contributed by atoms with Crippen molar-refractivity contribution in [2.45, 2.75) is 44.2 Å². The Morgan fingerprint density at radius 1 is 1.03 bits per heavy atom. The van der Waals surface area contributed by atoms with Crippen molar-refractivity contribution >= 4 is 16.9 Å². The van der Waals surface area contributed by atoms with Gasteiger partial charge in [-0.3, -0.25) is 4.79 Å². The summed E-state index contributed by atoms with van der Waals surface area (Å²) in [6.07, 6.45) is 5.63. The highest BCUT2D eigenvalue weighted by Gasteiger charge is 2.31.